The van der Waals surface area contributed by atoms with Gasteiger partial charge in [0, 0.05) is 0 Å². The lowest BCUT2D eigenvalue weighted by molar-refractivity contribution is 0.634. The monoisotopic (exact) mass is 313 g/mol. The van der Waals surface area contributed by atoms with E-state index in [4.69, 9.17) is 16.9 Å². The van der Waals surface area contributed by atoms with Crippen molar-refractivity contribution in [1.82, 2.24) is 9.55 Å². The summed E-state index contributed by atoms with van der Waals surface area (Å²) in [6.45, 7) is 0.0542. The van der Waals surface area contributed by atoms with Crippen LogP contribution in [0.1, 0.15) is 11.1 Å². The molecule has 0 saturated heterocycles. The SMILES string of the molecule is N#Cc1ccccc1Cn1c(Cl)nc2cccc(F)c2c1=O. The van der Waals surface area contributed by atoms with E-state index in [9.17, 15) is 9.18 Å². The van der Waals surface area contributed by atoms with Gasteiger partial charge < -0.3 is 0 Å². The molecule has 0 spiro atoms. The molecule has 0 saturated carbocycles. The van der Waals surface area contributed by atoms with Crippen LogP contribution in [0.15, 0.2) is 47.3 Å². The second-order valence-corrected chi connectivity index (χ2v) is 5.01. The van der Waals surface area contributed by atoms with Crippen molar-refractivity contribution in [3.05, 3.63) is 75.0 Å². The van der Waals surface area contributed by atoms with Crippen molar-refractivity contribution < 1.29 is 4.39 Å². The Morgan fingerprint density at radius 1 is 1.23 bits per heavy atom. The molecule has 4 nitrogen and oxygen atoms in total. The highest BCUT2D eigenvalue weighted by molar-refractivity contribution is 6.28. The van der Waals surface area contributed by atoms with Gasteiger partial charge in [0.1, 0.15) is 11.2 Å². The molecule has 0 radical (unpaired) electrons. The average molecular weight is 314 g/mol. The fraction of sp³-hybridized carbons (Fsp3) is 0.0625. The molecule has 0 bridgehead atoms. The minimum Gasteiger partial charge on any atom is -0.278 e. The number of benzene rings is 2. The zero-order chi connectivity index (χ0) is 15.7. The van der Waals surface area contributed by atoms with Crippen LogP contribution in [0.25, 0.3) is 10.9 Å². The first-order valence-electron chi connectivity index (χ1n) is 6.44. The average Bonchev–Trinajstić information content (AvgIpc) is 2.51. The maximum absolute atomic E-state index is 13.9. The quantitative estimate of drug-likeness (QED) is 0.683. The molecule has 6 heteroatoms. The van der Waals surface area contributed by atoms with E-state index in [1.165, 1.54) is 18.2 Å². The highest BCUT2D eigenvalue weighted by atomic mass is 35.5. The number of nitriles is 1. The maximum Gasteiger partial charge on any atom is 0.265 e. The van der Waals surface area contributed by atoms with Gasteiger partial charge in [-0.2, -0.15) is 5.26 Å². The number of fused-ring (bicyclic) bond motifs is 1. The molecule has 0 unspecified atom stereocenters. The molecule has 108 valence electrons. The van der Waals surface area contributed by atoms with Crippen LogP contribution in [0.3, 0.4) is 0 Å². The normalized spacial score (nSPS) is 10.6. The molecular formula is C16H9ClFN3O. The summed E-state index contributed by atoms with van der Waals surface area (Å²) in [6.07, 6.45) is 0. The molecule has 3 aromatic rings. The first-order chi connectivity index (χ1) is 10.6. The van der Waals surface area contributed by atoms with Crippen LogP contribution < -0.4 is 5.56 Å². The van der Waals surface area contributed by atoms with E-state index in [1.807, 2.05) is 0 Å². The van der Waals surface area contributed by atoms with E-state index in [2.05, 4.69) is 11.1 Å². The van der Waals surface area contributed by atoms with Gasteiger partial charge in [-0.1, -0.05) is 24.3 Å². The molecule has 22 heavy (non-hydrogen) atoms. The molecule has 0 aliphatic carbocycles. The molecule has 0 aliphatic heterocycles. The Morgan fingerprint density at radius 2 is 2.00 bits per heavy atom. The van der Waals surface area contributed by atoms with E-state index in [-0.39, 0.29) is 22.7 Å². The van der Waals surface area contributed by atoms with Crippen LogP contribution in [0.4, 0.5) is 4.39 Å². The van der Waals surface area contributed by atoms with Gasteiger partial charge in [0.25, 0.3) is 5.56 Å². The molecule has 1 aromatic heterocycles. The largest absolute Gasteiger partial charge is 0.278 e. The summed E-state index contributed by atoms with van der Waals surface area (Å²) in [5.41, 5.74) is 0.686. The predicted octanol–water partition coefficient (Wildman–Crippen LogP) is 3.11. The second kappa shape index (κ2) is 5.58. The van der Waals surface area contributed by atoms with Gasteiger partial charge >= 0.3 is 0 Å². The van der Waals surface area contributed by atoms with Crippen molar-refractivity contribution in [3.63, 3.8) is 0 Å². The number of hydrogen-bond acceptors (Lipinski definition) is 3. The predicted molar refractivity (Wildman–Crippen MR) is 81.2 cm³/mol. The van der Waals surface area contributed by atoms with Gasteiger partial charge in [0.2, 0.25) is 5.28 Å². The van der Waals surface area contributed by atoms with Crippen molar-refractivity contribution in [2.45, 2.75) is 6.54 Å². The Labute approximate surface area is 130 Å². The third-order valence-corrected chi connectivity index (χ3v) is 3.64. The zero-order valence-electron chi connectivity index (χ0n) is 11.3. The Morgan fingerprint density at radius 3 is 2.77 bits per heavy atom. The van der Waals surface area contributed by atoms with Crippen LogP contribution in [-0.2, 0) is 6.54 Å². The number of aromatic nitrogens is 2. The minimum absolute atomic E-state index is 0.0455. The Balaban J connectivity index is 2.22. The van der Waals surface area contributed by atoms with Crippen molar-refractivity contribution in [1.29, 1.82) is 5.26 Å². The molecule has 0 amide bonds. The first-order valence-corrected chi connectivity index (χ1v) is 6.82. The summed E-state index contributed by atoms with van der Waals surface area (Å²) < 4.78 is 15.1. The highest BCUT2D eigenvalue weighted by Crippen LogP contribution is 2.17. The van der Waals surface area contributed by atoms with E-state index >= 15 is 0 Å². The standard InChI is InChI=1S/C16H9ClFN3O/c17-16-20-13-7-3-6-12(18)14(13)15(22)21(16)9-11-5-2-1-4-10(11)8-19/h1-7H,9H2. The van der Waals surface area contributed by atoms with Crippen molar-refractivity contribution >= 4 is 22.5 Å². The maximum atomic E-state index is 13.9. The summed E-state index contributed by atoms with van der Waals surface area (Å²) in [5.74, 6) is -0.644. The Kier molecular flexibility index (Phi) is 3.61. The van der Waals surface area contributed by atoms with E-state index < -0.39 is 11.4 Å². The number of nitrogens with zero attached hydrogens (tertiary/aromatic N) is 3. The molecular weight excluding hydrogens is 305 g/mol. The molecule has 0 fully saturated rings. The summed E-state index contributed by atoms with van der Waals surface area (Å²) in [5, 5.41) is 8.95. The van der Waals surface area contributed by atoms with Gasteiger partial charge in [-0.3, -0.25) is 9.36 Å². The number of rotatable bonds is 2. The van der Waals surface area contributed by atoms with Crippen LogP contribution in [0.5, 0.6) is 0 Å². The van der Waals surface area contributed by atoms with Gasteiger partial charge in [-0.05, 0) is 35.4 Å². The highest BCUT2D eigenvalue weighted by Gasteiger charge is 2.14. The summed E-state index contributed by atoms with van der Waals surface area (Å²) in [7, 11) is 0. The molecule has 2 aromatic carbocycles. The molecule has 0 atom stereocenters. The van der Waals surface area contributed by atoms with Gasteiger partial charge in [0.05, 0.1) is 23.7 Å². The van der Waals surface area contributed by atoms with Gasteiger partial charge in [-0.15, -0.1) is 0 Å². The van der Waals surface area contributed by atoms with E-state index in [1.54, 1.807) is 24.3 Å². The van der Waals surface area contributed by atoms with Crippen LogP contribution in [-0.4, -0.2) is 9.55 Å². The van der Waals surface area contributed by atoms with E-state index in [0.29, 0.717) is 11.1 Å². The molecule has 0 N–H and O–H groups in total. The Hall–Kier alpha value is -2.71. The lowest BCUT2D eigenvalue weighted by Crippen LogP contribution is -2.24. The topological polar surface area (TPSA) is 58.7 Å². The summed E-state index contributed by atoms with van der Waals surface area (Å²) >= 11 is 6.05. The molecule has 0 aliphatic rings. The second-order valence-electron chi connectivity index (χ2n) is 4.68. The van der Waals surface area contributed by atoms with Crippen LogP contribution >= 0.6 is 11.6 Å². The van der Waals surface area contributed by atoms with Crippen LogP contribution in [0, 0.1) is 17.1 Å². The summed E-state index contributed by atoms with van der Waals surface area (Å²) in [4.78, 5) is 16.5. The number of hydrogen-bond donors (Lipinski definition) is 0. The molecule has 3 rings (SSSR count). The third-order valence-electron chi connectivity index (χ3n) is 3.35. The zero-order valence-corrected chi connectivity index (χ0v) is 12.0. The van der Waals surface area contributed by atoms with E-state index in [0.717, 1.165) is 4.57 Å². The third kappa shape index (κ3) is 2.34. The molecule has 1 heterocycles. The van der Waals surface area contributed by atoms with Crippen molar-refractivity contribution in [2.24, 2.45) is 0 Å². The smallest absolute Gasteiger partial charge is 0.265 e. The van der Waals surface area contributed by atoms with Crippen LogP contribution in [0.2, 0.25) is 5.28 Å². The number of halogens is 2. The minimum atomic E-state index is -0.644. The fourth-order valence-corrected chi connectivity index (χ4v) is 2.50. The lowest BCUT2D eigenvalue weighted by atomic mass is 10.1. The Bertz CT molecular complexity index is 975. The summed E-state index contributed by atoms with van der Waals surface area (Å²) in [6, 6.07) is 13.1. The van der Waals surface area contributed by atoms with Crippen molar-refractivity contribution in [3.8, 4) is 6.07 Å². The van der Waals surface area contributed by atoms with Gasteiger partial charge in [0.15, 0.2) is 0 Å². The fourth-order valence-electron chi connectivity index (χ4n) is 2.27. The first kappa shape index (κ1) is 14.2. The van der Waals surface area contributed by atoms with Crippen molar-refractivity contribution in [2.75, 3.05) is 0 Å². The van der Waals surface area contributed by atoms with Gasteiger partial charge in [-0.25, -0.2) is 9.37 Å². The lowest BCUT2D eigenvalue weighted by Gasteiger charge is -2.10.